The van der Waals surface area contributed by atoms with Crippen molar-refractivity contribution in [2.24, 2.45) is 11.8 Å². The van der Waals surface area contributed by atoms with Gasteiger partial charge in [0.05, 0.1) is 0 Å². The number of aryl methyl sites for hydroxylation is 2. The molecule has 0 radical (unpaired) electrons. The molecule has 188 valence electrons. The summed E-state index contributed by atoms with van der Waals surface area (Å²) in [6, 6.07) is 17.7. The molecule has 1 saturated carbocycles. The van der Waals surface area contributed by atoms with Crippen molar-refractivity contribution in [2.45, 2.75) is 110 Å². The van der Waals surface area contributed by atoms with Gasteiger partial charge in [-0.15, -0.1) is 0 Å². The Bertz CT molecular complexity index is 895. The summed E-state index contributed by atoms with van der Waals surface area (Å²) in [5.41, 5.74) is 5.07. The van der Waals surface area contributed by atoms with Crippen LogP contribution in [-0.2, 0) is 12.8 Å². The molecule has 0 heteroatoms. The van der Waals surface area contributed by atoms with E-state index in [1.165, 1.54) is 94.6 Å². The fourth-order valence-electron chi connectivity index (χ4n) is 5.35. The molecule has 0 amide bonds. The van der Waals surface area contributed by atoms with Gasteiger partial charge in [-0.2, -0.15) is 0 Å². The van der Waals surface area contributed by atoms with Gasteiger partial charge in [0.25, 0.3) is 0 Å². The average Bonchev–Trinajstić information content (AvgIpc) is 2.90. The van der Waals surface area contributed by atoms with Crippen LogP contribution in [0, 0.1) is 23.7 Å². The average molecular weight is 469 g/mol. The molecule has 35 heavy (non-hydrogen) atoms. The molecule has 0 aliphatic heterocycles. The fraction of sp³-hybridized carbons (Fsp3) is 0.543. The number of benzene rings is 2. The monoisotopic (exact) mass is 468 g/mol. The lowest BCUT2D eigenvalue weighted by atomic mass is 9.77. The topological polar surface area (TPSA) is 0 Å². The molecule has 1 aliphatic rings. The Morgan fingerprint density at radius 1 is 0.600 bits per heavy atom. The normalized spacial score (nSPS) is 17.9. The maximum absolute atomic E-state index is 3.35. The summed E-state index contributed by atoms with van der Waals surface area (Å²) < 4.78 is 0. The largest absolute Gasteiger partial charge is 0.0885 e. The first kappa shape index (κ1) is 27.3. The van der Waals surface area contributed by atoms with E-state index in [4.69, 9.17) is 0 Å². The molecule has 1 aliphatic carbocycles. The maximum Gasteiger partial charge on any atom is 0.0249 e. The fourth-order valence-corrected chi connectivity index (χ4v) is 5.35. The minimum Gasteiger partial charge on any atom is -0.0885 e. The van der Waals surface area contributed by atoms with Crippen LogP contribution >= 0.6 is 0 Å². The Hall–Kier alpha value is -2.26. The number of hydrogen-bond donors (Lipinski definition) is 0. The van der Waals surface area contributed by atoms with Crippen LogP contribution in [0.3, 0.4) is 0 Å². The lowest BCUT2D eigenvalue weighted by Crippen LogP contribution is -2.15. The zero-order valence-electron chi connectivity index (χ0n) is 22.5. The first-order valence-corrected chi connectivity index (χ1v) is 14.6. The second-order valence-electron chi connectivity index (χ2n) is 10.7. The minimum atomic E-state index is 0.941. The van der Waals surface area contributed by atoms with Crippen molar-refractivity contribution in [1.29, 1.82) is 0 Å². The van der Waals surface area contributed by atoms with Crippen LogP contribution in [0.5, 0.6) is 0 Å². The highest BCUT2D eigenvalue weighted by atomic mass is 14.3. The predicted octanol–water partition coefficient (Wildman–Crippen LogP) is 10.1. The third-order valence-corrected chi connectivity index (χ3v) is 7.75. The molecule has 0 nitrogen and oxygen atoms in total. The van der Waals surface area contributed by atoms with Crippen LogP contribution < -0.4 is 0 Å². The molecule has 1 fully saturated rings. The number of allylic oxidation sites excluding steroid dienone is 2. The molecule has 0 atom stereocenters. The van der Waals surface area contributed by atoms with Crippen LogP contribution in [0.4, 0.5) is 0 Å². The SMILES string of the molecule is CCC/C=C/CCc1ccc(C#Cc2ccc(CCC3CCC(CCCCCC)CC3)cc2)cc1. The van der Waals surface area contributed by atoms with Gasteiger partial charge >= 0.3 is 0 Å². The van der Waals surface area contributed by atoms with Gasteiger partial charge in [0, 0.05) is 11.1 Å². The van der Waals surface area contributed by atoms with Crippen molar-refractivity contribution in [3.8, 4) is 11.8 Å². The molecule has 0 spiro atoms. The first-order valence-electron chi connectivity index (χ1n) is 14.6. The summed E-state index contributed by atoms with van der Waals surface area (Å²) >= 11 is 0. The summed E-state index contributed by atoms with van der Waals surface area (Å²) in [5.74, 6) is 8.64. The highest BCUT2D eigenvalue weighted by molar-refractivity contribution is 5.44. The van der Waals surface area contributed by atoms with E-state index < -0.39 is 0 Å². The Labute approximate surface area is 216 Å². The van der Waals surface area contributed by atoms with E-state index >= 15 is 0 Å². The van der Waals surface area contributed by atoms with Crippen LogP contribution in [0.2, 0.25) is 0 Å². The van der Waals surface area contributed by atoms with Gasteiger partial charge in [-0.1, -0.05) is 126 Å². The van der Waals surface area contributed by atoms with E-state index in [-0.39, 0.29) is 0 Å². The second-order valence-corrected chi connectivity index (χ2v) is 10.7. The molecule has 0 heterocycles. The van der Waals surface area contributed by atoms with E-state index in [0.717, 1.165) is 35.8 Å². The maximum atomic E-state index is 3.35. The Morgan fingerprint density at radius 3 is 1.71 bits per heavy atom. The van der Waals surface area contributed by atoms with Gasteiger partial charge in [0.1, 0.15) is 0 Å². The number of rotatable bonds is 13. The molecular weight excluding hydrogens is 420 g/mol. The van der Waals surface area contributed by atoms with Crippen molar-refractivity contribution in [3.63, 3.8) is 0 Å². The Kier molecular flexibility index (Phi) is 12.8. The lowest BCUT2D eigenvalue weighted by molar-refractivity contribution is 0.249. The summed E-state index contributed by atoms with van der Waals surface area (Å²) in [6.07, 6.45) is 24.8. The highest BCUT2D eigenvalue weighted by Gasteiger charge is 2.20. The number of unbranched alkanes of at least 4 members (excludes halogenated alkanes) is 4. The zero-order chi connectivity index (χ0) is 24.6. The standard InChI is InChI=1S/C35H48/c1-3-5-7-9-11-13-31-16-20-33(21-17-31)23-25-35-28-26-34(27-29-35)24-22-32-18-14-30(15-19-32)12-10-8-6-4-2/h7,9,16-17,20-21,26-30,32H,3-6,8,10-15,18-19,22,24H2,1-2H3/b9-7+. The third kappa shape index (κ3) is 10.9. The molecular formula is C35H48. The molecule has 0 aromatic heterocycles. The first-order chi connectivity index (χ1) is 17.3. The van der Waals surface area contributed by atoms with Crippen molar-refractivity contribution in [2.75, 3.05) is 0 Å². The molecule has 2 aromatic carbocycles. The van der Waals surface area contributed by atoms with Crippen LogP contribution in [-0.4, -0.2) is 0 Å². The van der Waals surface area contributed by atoms with E-state index in [0.29, 0.717) is 0 Å². The lowest BCUT2D eigenvalue weighted by Gasteiger charge is -2.28. The predicted molar refractivity (Wildman–Crippen MR) is 154 cm³/mol. The van der Waals surface area contributed by atoms with Gasteiger partial charge in [0.15, 0.2) is 0 Å². The van der Waals surface area contributed by atoms with Crippen LogP contribution in [0.25, 0.3) is 0 Å². The molecule has 0 saturated heterocycles. The van der Waals surface area contributed by atoms with Crippen LogP contribution in [0.15, 0.2) is 60.7 Å². The van der Waals surface area contributed by atoms with Gasteiger partial charge in [-0.05, 0) is 79.3 Å². The number of hydrogen-bond acceptors (Lipinski definition) is 0. The molecule has 0 unspecified atom stereocenters. The summed E-state index contributed by atoms with van der Waals surface area (Å²) in [5, 5.41) is 0. The van der Waals surface area contributed by atoms with Crippen molar-refractivity contribution in [1.82, 2.24) is 0 Å². The van der Waals surface area contributed by atoms with Gasteiger partial charge in [-0.3, -0.25) is 0 Å². The third-order valence-electron chi connectivity index (χ3n) is 7.75. The second kappa shape index (κ2) is 16.4. The molecule has 0 N–H and O–H groups in total. The molecule has 2 aromatic rings. The molecule has 3 rings (SSSR count). The smallest absolute Gasteiger partial charge is 0.0249 e. The zero-order valence-corrected chi connectivity index (χ0v) is 22.5. The van der Waals surface area contributed by atoms with E-state index in [1.54, 1.807) is 0 Å². The van der Waals surface area contributed by atoms with Crippen molar-refractivity contribution < 1.29 is 0 Å². The van der Waals surface area contributed by atoms with Gasteiger partial charge in [0.2, 0.25) is 0 Å². The van der Waals surface area contributed by atoms with E-state index in [9.17, 15) is 0 Å². The molecule has 0 bridgehead atoms. The van der Waals surface area contributed by atoms with E-state index in [2.05, 4.69) is 86.4 Å². The van der Waals surface area contributed by atoms with Crippen LogP contribution in [0.1, 0.15) is 120 Å². The highest BCUT2D eigenvalue weighted by Crippen LogP contribution is 2.34. The quantitative estimate of drug-likeness (QED) is 0.156. The minimum absolute atomic E-state index is 0.941. The Morgan fingerprint density at radius 2 is 1.14 bits per heavy atom. The summed E-state index contributed by atoms with van der Waals surface area (Å²) in [4.78, 5) is 0. The van der Waals surface area contributed by atoms with Gasteiger partial charge < -0.3 is 0 Å². The van der Waals surface area contributed by atoms with Crippen molar-refractivity contribution >= 4 is 0 Å². The van der Waals surface area contributed by atoms with Crippen molar-refractivity contribution in [3.05, 3.63) is 82.9 Å². The summed E-state index contributed by atoms with van der Waals surface area (Å²) in [7, 11) is 0. The summed E-state index contributed by atoms with van der Waals surface area (Å²) in [6.45, 7) is 4.53. The van der Waals surface area contributed by atoms with Gasteiger partial charge in [-0.25, -0.2) is 0 Å². The Balaban J connectivity index is 1.36. The van der Waals surface area contributed by atoms with E-state index in [1.807, 2.05) is 0 Å².